The molecule has 2 rings (SSSR count). The van der Waals surface area contributed by atoms with Gasteiger partial charge in [-0.1, -0.05) is 34.1 Å². The van der Waals surface area contributed by atoms with Gasteiger partial charge in [0.2, 0.25) is 0 Å². The van der Waals surface area contributed by atoms with Crippen molar-refractivity contribution >= 4 is 35.6 Å². The highest BCUT2D eigenvalue weighted by atomic mass is 79.9. The van der Waals surface area contributed by atoms with E-state index in [9.17, 15) is 16.8 Å². The van der Waals surface area contributed by atoms with Crippen LogP contribution in [0.5, 0.6) is 0 Å². The van der Waals surface area contributed by atoms with Gasteiger partial charge in [0.25, 0.3) is 0 Å². The van der Waals surface area contributed by atoms with Crippen molar-refractivity contribution in [1.82, 2.24) is 0 Å². The highest BCUT2D eigenvalue weighted by Gasteiger charge is 2.32. The van der Waals surface area contributed by atoms with Gasteiger partial charge in [-0.15, -0.1) is 0 Å². The van der Waals surface area contributed by atoms with Gasteiger partial charge in [-0.05, 0) is 17.7 Å². The van der Waals surface area contributed by atoms with Gasteiger partial charge in [-0.3, -0.25) is 0 Å². The van der Waals surface area contributed by atoms with E-state index in [-0.39, 0.29) is 5.75 Å². The van der Waals surface area contributed by atoms with Crippen LogP contribution in [-0.2, 0) is 19.7 Å². The molecule has 18 heavy (non-hydrogen) atoms. The summed E-state index contributed by atoms with van der Waals surface area (Å²) in [5, 5.41) is -0.0160. The Morgan fingerprint density at radius 2 is 1.89 bits per heavy atom. The second kappa shape index (κ2) is 4.79. The van der Waals surface area contributed by atoms with E-state index in [1.54, 1.807) is 24.3 Å². The van der Waals surface area contributed by atoms with Gasteiger partial charge in [0.1, 0.15) is 5.25 Å². The summed E-state index contributed by atoms with van der Waals surface area (Å²) in [7, 11) is -6.96. The summed E-state index contributed by atoms with van der Waals surface area (Å²) in [5.74, 6) is -0.647. The Kier molecular flexibility index (Phi) is 3.66. The van der Waals surface area contributed by atoms with Crippen LogP contribution in [0.2, 0.25) is 0 Å². The quantitative estimate of drug-likeness (QED) is 0.774. The number of hydrogen-bond acceptors (Lipinski definition) is 4. The van der Waals surface area contributed by atoms with Crippen LogP contribution in [-0.4, -0.2) is 28.3 Å². The third-order valence-electron chi connectivity index (χ3n) is 2.67. The number of rotatable bonds is 1. The zero-order chi connectivity index (χ0) is 13.4. The Morgan fingerprint density at radius 1 is 1.17 bits per heavy atom. The van der Waals surface area contributed by atoms with Crippen molar-refractivity contribution in [1.29, 1.82) is 0 Å². The molecular weight excluding hydrogens is 340 g/mol. The fourth-order valence-corrected chi connectivity index (χ4v) is 6.03. The average molecular weight is 351 g/mol. The Morgan fingerprint density at radius 3 is 2.56 bits per heavy atom. The van der Waals surface area contributed by atoms with Crippen LogP contribution >= 0.6 is 15.9 Å². The SMILES string of the molecule is O=S1(=O)C=CCS(=O)(=O)C(c2cccc(Br)c2)C1. The van der Waals surface area contributed by atoms with Gasteiger partial charge in [0.05, 0.1) is 11.5 Å². The van der Waals surface area contributed by atoms with Crippen molar-refractivity contribution in [3.8, 4) is 0 Å². The standard InChI is InChI=1S/C11H11BrO4S2/c12-10-4-1-3-9(7-10)11-8-17(13,14)5-2-6-18(11,15)16/h1-5,7,11H,6,8H2. The van der Waals surface area contributed by atoms with E-state index in [0.29, 0.717) is 5.56 Å². The maximum Gasteiger partial charge on any atom is 0.172 e. The maximum atomic E-state index is 12.1. The minimum absolute atomic E-state index is 0.247. The smallest absolute Gasteiger partial charge is 0.172 e. The fraction of sp³-hybridized carbons (Fsp3) is 0.273. The summed E-state index contributed by atoms with van der Waals surface area (Å²) in [4.78, 5) is 0. The van der Waals surface area contributed by atoms with Gasteiger partial charge in [-0.2, -0.15) is 0 Å². The number of hydrogen-bond donors (Lipinski definition) is 0. The highest BCUT2D eigenvalue weighted by Crippen LogP contribution is 2.29. The minimum Gasteiger partial charge on any atom is -0.228 e. The van der Waals surface area contributed by atoms with Crippen molar-refractivity contribution in [3.63, 3.8) is 0 Å². The molecule has 1 aromatic rings. The number of benzene rings is 1. The van der Waals surface area contributed by atoms with Crippen LogP contribution in [0.1, 0.15) is 10.8 Å². The lowest BCUT2D eigenvalue weighted by Gasteiger charge is -2.15. The van der Waals surface area contributed by atoms with Crippen LogP contribution < -0.4 is 0 Å². The zero-order valence-electron chi connectivity index (χ0n) is 9.28. The largest absolute Gasteiger partial charge is 0.228 e. The third-order valence-corrected chi connectivity index (χ3v) is 6.74. The van der Waals surface area contributed by atoms with Crippen LogP contribution in [0.25, 0.3) is 0 Å². The van der Waals surface area contributed by atoms with Gasteiger partial charge < -0.3 is 0 Å². The average Bonchev–Trinajstić information content (AvgIpc) is 2.35. The first-order chi connectivity index (χ1) is 8.30. The summed E-state index contributed by atoms with van der Waals surface area (Å²) >= 11 is 3.25. The molecule has 4 nitrogen and oxygen atoms in total. The maximum absolute atomic E-state index is 12.1. The summed E-state index contributed by atoms with van der Waals surface area (Å²) in [6, 6.07) is 6.73. The fourth-order valence-electron chi connectivity index (χ4n) is 1.82. The summed E-state index contributed by atoms with van der Waals surface area (Å²) in [6.45, 7) is 0. The summed E-state index contributed by atoms with van der Waals surface area (Å²) in [6.07, 6.45) is 1.20. The molecule has 1 heterocycles. The van der Waals surface area contributed by atoms with Gasteiger partial charge in [0.15, 0.2) is 19.7 Å². The van der Waals surface area contributed by atoms with E-state index in [2.05, 4.69) is 15.9 Å². The molecule has 7 heteroatoms. The normalized spacial score (nSPS) is 25.5. The first-order valence-electron chi connectivity index (χ1n) is 5.16. The number of halogens is 1. The molecule has 0 saturated carbocycles. The molecule has 1 aliphatic rings. The Balaban J connectivity index is 2.53. The molecule has 0 spiro atoms. The Labute approximate surface area is 115 Å². The number of sulfone groups is 2. The second-order valence-corrected chi connectivity index (χ2v) is 9.15. The molecule has 1 aliphatic heterocycles. The van der Waals surface area contributed by atoms with Crippen molar-refractivity contribution in [3.05, 3.63) is 45.8 Å². The molecule has 0 N–H and O–H groups in total. The Hall–Kier alpha value is -0.660. The first kappa shape index (κ1) is 13.8. The molecular formula is C11H11BrO4S2. The molecule has 0 bridgehead atoms. The van der Waals surface area contributed by atoms with E-state index in [1.807, 2.05) is 0 Å². The van der Waals surface area contributed by atoms with Crippen LogP contribution in [0.3, 0.4) is 0 Å². The molecule has 0 aliphatic carbocycles. The lowest BCUT2D eigenvalue weighted by molar-refractivity contribution is 0.582. The summed E-state index contributed by atoms with van der Waals surface area (Å²) in [5.41, 5.74) is 0.497. The lowest BCUT2D eigenvalue weighted by Crippen LogP contribution is -2.21. The molecule has 0 amide bonds. The van der Waals surface area contributed by atoms with Crippen LogP contribution in [0.15, 0.2) is 40.2 Å². The van der Waals surface area contributed by atoms with Gasteiger partial charge in [-0.25, -0.2) is 16.8 Å². The predicted molar refractivity (Wildman–Crippen MR) is 73.6 cm³/mol. The zero-order valence-corrected chi connectivity index (χ0v) is 12.5. The van der Waals surface area contributed by atoms with Crippen LogP contribution in [0, 0.1) is 0 Å². The monoisotopic (exact) mass is 350 g/mol. The topological polar surface area (TPSA) is 68.3 Å². The first-order valence-corrected chi connectivity index (χ1v) is 9.39. The Bertz CT molecular complexity index is 690. The molecule has 1 aromatic carbocycles. The molecule has 1 unspecified atom stereocenters. The minimum atomic E-state index is -3.49. The second-order valence-electron chi connectivity index (χ2n) is 4.07. The van der Waals surface area contributed by atoms with Crippen molar-refractivity contribution in [2.45, 2.75) is 5.25 Å². The molecule has 0 saturated heterocycles. The third kappa shape index (κ3) is 3.02. The molecule has 0 radical (unpaired) electrons. The van der Waals surface area contributed by atoms with E-state index in [1.165, 1.54) is 6.08 Å². The summed E-state index contributed by atoms with van der Waals surface area (Å²) < 4.78 is 48.2. The van der Waals surface area contributed by atoms with Crippen LogP contribution in [0.4, 0.5) is 0 Å². The van der Waals surface area contributed by atoms with Gasteiger partial charge >= 0.3 is 0 Å². The molecule has 0 aromatic heterocycles. The van der Waals surface area contributed by atoms with Crippen molar-refractivity contribution in [2.24, 2.45) is 0 Å². The van der Waals surface area contributed by atoms with Crippen molar-refractivity contribution in [2.75, 3.05) is 11.5 Å². The van der Waals surface area contributed by atoms with E-state index >= 15 is 0 Å². The van der Waals surface area contributed by atoms with Crippen molar-refractivity contribution < 1.29 is 16.8 Å². The molecule has 98 valence electrons. The van der Waals surface area contributed by atoms with E-state index in [4.69, 9.17) is 0 Å². The predicted octanol–water partition coefficient (Wildman–Crippen LogP) is 1.85. The highest BCUT2D eigenvalue weighted by molar-refractivity contribution is 9.10. The van der Waals surface area contributed by atoms with Gasteiger partial charge in [0, 0.05) is 9.88 Å². The lowest BCUT2D eigenvalue weighted by atomic mass is 10.2. The van der Waals surface area contributed by atoms with E-state index in [0.717, 1.165) is 9.88 Å². The molecule has 1 atom stereocenters. The molecule has 0 fully saturated rings. The van der Waals surface area contributed by atoms with E-state index < -0.39 is 30.7 Å².